The number of nitrogens with one attached hydrogen (secondary N) is 1. The second-order valence-corrected chi connectivity index (χ2v) is 4.75. The van der Waals surface area contributed by atoms with Crippen molar-refractivity contribution < 1.29 is 9.53 Å². The van der Waals surface area contributed by atoms with Crippen LogP contribution < -0.4 is 11.1 Å². The molecule has 0 saturated heterocycles. The highest BCUT2D eigenvalue weighted by atomic mass is 16.5. The Hall–Kier alpha value is -0.610. The Kier molecular flexibility index (Phi) is 5.77. The summed E-state index contributed by atoms with van der Waals surface area (Å²) in [6, 6.07) is -0.436. The molecule has 0 aromatic carbocycles. The smallest absolute Gasteiger partial charge is 0.236 e. The minimum Gasteiger partial charge on any atom is -0.376 e. The maximum atomic E-state index is 11.2. The van der Waals surface area contributed by atoms with E-state index in [0.717, 1.165) is 6.42 Å². The molecule has 3 N–H and O–H groups in total. The van der Waals surface area contributed by atoms with Gasteiger partial charge in [0, 0.05) is 6.54 Å². The average molecular weight is 228 g/mol. The normalized spacial score (nSPS) is 27.4. The third-order valence-electron chi connectivity index (χ3n) is 3.18. The Morgan fingerprint density at radius 3 is 2.81 bits per heavy atom. The molecule has 0 radical (unpaired) electrons. The van der Waals surface area contributed by atoms with Gasteiger partial charge in [0.2, 0.25) is 5.91 Å². The van der Waals surface area contributed by atoms with Crippen LogP contribution in [-0.2, 0) is 9.53 Å². The number of rotatable bonds is 5. The topological polar surface area (TPSA) is 64.3 Å². The van der Waals surface area contributed by atoms with Crippen molar-refractivity contribution in [3.8, 4) is 0 Å². The highest BCUT2D eigenvalue weighted by Gasteiger charge is 2.21. The molecule has 0 aromatic heterocycles. The van der Waals surface area contributed by atoms with Crippen molar-refractivity contribution in [3.05, 3.63) is 0 Å². The minimum absolute atomic E-state index is 0.111. The predicted molar refractivity (Wildman–Crippen MR) is 64.0 cm³/mol. The Morgan fingerprint density at radius 1 is 1.50 bits per heavy atom. The van der Waals surface area contributed by atoms with Gasteiger partial charge < -0.3 is 15.8 Å². The van der Waals surface area contributed by atoms with Gasteiger partial charge in [-0.1, -0.05) is 19.8 Å². The molecule has 4 nitrogen and oxygen atoms in total. The van der Waals surface area contributed by atoms with E-state index >= 15 is 0 Å². The van der Waals surface area contributed by atoms with Crippen LogP contribution in [0.4, 0.5) is 0 Å². The molecular weight excluding hydrogens is 204 g/mol. The van der Waals surface area contributed by atoms with Gasteiger partial charge >= 0.3 is 0 Å². The van der Waals surface area contributed by atoms with Crippen molar-refractivity contribution in [3.63, 3.8) is 0 Å². The number of nitrogens with two attached hydrogens (primary N) is 1. The molecule has 2 unspecified atom stereocenters. The van der Waals surface area contributed by atoms with Crippen molar-refractivity contribution in [1.29, 1.82) is 0 Å². The van der Waals surface area contributed by atoms with Gasteiger partial charge in [-0.3, -0.25) is 4.79 Å². The van der Waals surface area contributed by atoms with Crippen molar-refractivity contribution in [2.75, 3.05) is 13.2 Å². The van der Waals surface area contributed by atoms with Gasteiger partial charge in [0.15, 0.2) is 0 Å². The molecule has 94 valence electrons. The van der Waals surface area contributed by atoms with Crippen LogP contribution in [0.2, 0.25) is 0 Å². The Bertz CT molecular complexity index is 219. The first-order valence-corrected chi connectivity index (χ1v) is 6.26. The monoisotopic (exact) mass is 228 g/mol. The summed E-state index contributed by atoms with van der Waals surface area (Å²) in [5.74, 6) is 0.540. The summed E-state index contributed by atoms with van der Waals surface area (Å²) in [5, 5.41) is 2.75. The molecule has 1 amide bonds. The fourth-order valence-electron chi connectivity index (χ4n) is 2.08. The zero-order valence-electron chi connectivity index (χ0n) is 10.4. The molecule has 1 aliphatic rings. The summed E-state index contributed by atoms with van der Waals surface area (Å²) in [6.07, 6.45) is 5.38. The molecule has 1 aliphatic carbocycles. The molecule has 1 rings (SSSR count). The molecule has 0 aliphatic heterocycles. The third-order valence-corrected chi connectivity index (χ3v) is 3.18. The van der Waals surface area contributed by atoms with Gasteiger partial charge in [-0.05, 0) is 25.7 Å². The summed E-state index contributed by atoms with van der Waals surface area (Å²) in [7, 11) is 0. The van der Waals surface area contributed by atoms with Gasteiger partial charge in [-0.25, -0.2) is 0 Å². The second-order valence-electron chi connectivity index (χ2n) is 4.75. The first kappa shape index (κ1) is 13.5. The quantitative estimate of drug-likeness (QED) is 0.691. The number of ether oxygens (including phenoxy) is 1. The van der Waals surface area contributed by atoms with E-state index in [1.54, 1.807) is 6.92 Å². The molecule has 16 heavy (non-hydrogen) atoms. The molecule has 1 saturated carbocycles. The van der Waals surface area contributed by atoms with Crippen LogP contribution in [0.25, 0.3) is 0 Å². The van der Waals surface area contributed by atoms with E-state index in [2.05, 4.69) is 12.2 Å². The maximum absolute atomic E-state index is 11.2. The molecule has 4 heteroatoms. The number of hydrogen-bond acceptors (Lipinski definition) is 3. The summed E-state index contributed by atoms with van der Waals surface area (Å²) < 4.78 is 5.77. The van der Waals surface area contributed by atoms with E-state index in [9.17, 15) is 4.79 Å². The third kappa shape index (κ3) is 4.49. The van der Waals surface area contributed by atoms with E-state index in [4.69, 9.17) is 10.5 Å². The van der Waals surface area contributed by atoms with Gasteiger partial charge in [-0.2, -0.15) is 0 Å². The van der Waals surface area contributed by atoms with E-state index in [1.807, 2.05) is 0 Å². The zero-order chi connectivity index (χ0) is 12.0. The molecular formula is C12H24N2O2. The predicted octanol–water partition coefficient (Wildman–Crippen LogP) is 1.05. The minimum atomic E-state index is -0.436. The highest BCUT2D eigenvalue weighted by Crippen LogP contribution is 2.25. The lowest BCUT2D eigenvalue weighted by molar-refractivity contribution is -0.122. The van der Waals surface area contributed by atoms with Crippen LogP contribution in [0.5, 0.6) is 0 Å². The molecule has 3 atom stereocenters. The summed E-state index contributed by atoms with van der Waals surface area (Å²) in [4.78, 5) is 11.2. The molecule has 0 aromatic rings. The van der Waals surface area contributed by atoms with Gasteiger partial charge in [-0.15, -0.1) is 0 Å². The lowest BCUT2D eigenvalue weighted by atomic mass is 9.88. The van der Waals surface area contributed by atoms with Crippen molar-refractivity contribution in [2.45, 2.75) is 51.7 Å². The van der Waals surface area contributed by atoms with Gasteiger partial charge in [0.05, 0.1) is 18.8 Å². The molecule has 1 fully saturated rings. The molecule has 0 bridgehead atoms. The average Bonchev–Trinajstić information content (AvgIpc) is 2.26. The largest absolute Gasteiger partial charge is 0.376 e. The highest BCUT2D eigenvalue weighted by molar-refractivity contribution is 5.80. The Morgan fingerprint density at radius 2 is 2.19 bits per heavy atom. The van der Waals surface area contributed by atoms with Crippen molar-refractivity contribution in [2.24, 2.45) is 11.7 Å². The number of carbonyl (C=O) groups excluding carboxylic acids is 1. The SMILES string of the molecule is CC1CCCCC1OCCNC(=O)[C@H](C)N. The first-order chi connectivity index (χ1) is 7.61. The fraction of sp³-hybridized carbons (Fsp3) is 0.917. The van der Waals surface area contributed by atoms with E-state index in [-0.39, 0.29) is 5.91 Å². The number of carbonyl (C=O) groups is 1. The van der Waals surface area contributed by atoms with Crippen LogP contribution in [-0.4, -0.2) is 31.2 Å². The van der Waals surface area contributed by atoms with E-state index in [0.29, 0.717) is 25.2 Å². The van der Waals surface area contributed by atoms with E-state index in [1.165, 1.54) is 19.3 Å². The fourth-order valence-corrected chi connectivity index (χ4v) is 2.08. The zero-order valence-corrected chi connectivity index (χ0v) is 10.4. The lowest BCUT2D eigenvalue weighted by Gasteiger charge is -2.28. The first-order valence-electron chi connectivity index (χ1n) is 6.26. The Labute approximate surface area is 97.9 Å². The van der Waals surface area contributed by atoms with Crippen LogP contribution in [0.3, 0.4) is 0 Å². The lowest BCUT2D eigenvalue weighted by Crippen LogP contribution is -2.40. The number of amides is 1. The molecule has 0 heterocycles. The second kappa shape index (κ2) is 6.86. The molecule has 0 spiro atoms. The van der Waals surface area contributed by atoms with Crippen LogP contribution >= 0.6 is 0 Å². The van der Waals surface area contributed by atoms with Gasteiger partial charge in [0.1, 0.15) is 0 Å². The summed E-state index contributed by atoms with van der Waals surface area (Å²) in [6.45, 7) is 5.07. The summed E-state index contributed by atoms with van der Waals surface area (Å²) >= 11 is 0. The van der Waals surface area contributed by atoms with Gasteiger partial charge in [0.25, 0.3) is 0 Å². The van der Waals surface area contributed by atoms with Crippen LogP contribution in [0, 0.1) is 5.92 Å². The van der Waals surface area contributed by atoms with E-state index < -0.39 is 6.04 Å². The van der Waals surface area contributed by atoms with Crippen molar-refractivity contribution >= 4 is 5.91 Å². The van der Waals surface area contributed by atoms with Crippen LogP contribution in [0.1, 0.15) is 39.5 Å². The summed E-state index contributed by atoms with van der Waals surface area (Å²) in [5.41, 5.74) is 5.43. The van der Waals surface area contributed by atoms with Crippen LogP contribution in [0.15, 0.2) is 0 Å². The Balaban J connectivity index is 2.08. The maximum Gasteiger partial charge on any atom is 0.236 e. The standard InChI is InChI=1S/C12H24N2O2/c1-9-5-3-4-6-11(9)16-8-7-14-12(15)10(2)13/h9-11H,3-8,13H2,1-2H3,(H,14,15)/t9?,10-,11?/m0/s1. The number of hydrogen-bond donors (Lipinski definition) is 2. The van der Waals surface area contributed by atoms with Crippen molar-refractivity contribution in [1.82, 2.24) is 5.32 Å².